The van der Waals surface area contributed by atoms with Crippen molar-refractivity contribution in [1.82, 2.24) is 4.90 Å². The van der Waals surface area contributed by atoms with E-state index in [4.69, 9.17) is 5.11 Å². The smallest absolute Gasteiger partial charge is 0.412 e. The predicted octanol–water partition coefficient (Wildman–Crippen LogP) is 2.21. The lowest BCUT2D eigenvalue weighted by molar-refractivity contribution is -0.138. The molecule has 108 valence electrons. The summed E-state index contributed by atoms with van der Waals surface area (Å²) in [6, 6.07) is 0. The molecule has 0 aliphatic carbocycles. The fourth-order valence-corrected chi connectivity index (χ4v) is 1.95. The second kappa shape index (κ2) is 6.08. The number of rotatable bonds is 4. The molecule has 4 nitrogen and oxygen atoms in total. The van der Waals surface area contributed by atoms with E-state index in [1.165, 1.54) is 4.90 Å². The maximum Gasteiger partial charge on any atom is 0.412 e. The third-order valence-electron chi connectivity index (χ3n) is 2.97. The van der Waals surface area contributed by atoms with Gasteiger partial charge in [0.2, 0.25) is 5.91 Å². The van der Waals surface area contributed by atoms with Gasteiger partial charge in [-0.3, -0.25) is 9.59 Å². The summed E-state index contributed by atoms with van der Waals surface area (Å²) in [6.07, 6.45) is -3.59. The Morgan fingerprint density at radius 2 is 2.05 bits per heavy atom. The number of halogens is 3. The highest BCUT2D eigenvalue weighted by Crippen LogP contribution is 2.30. The van der Waals surface area contributed by atoms with E-state index in [0.717, 1.165) is 6.08 Å². The van der Waals surface area contributed by atoms with Crippen molar-refractivity contribution in [2.75, 3.05) is 13.1 Å². The molecule has 0 radical (unpaired) electrons. The van der Waals surface area contributed by atoms with Crippen LogP contribution < -0.4 is 0 Å². The van der Waals surface area contributed by atoms with E-state index in [1.807, 2.05) is 0 Å². The van der Waals surface area contributed by atoms with Crippen molar-refractivity contribution in [1.29, 1.82) is 0 Å². The third-order valence-corrected chi connectivity index (χ3v) is 2.97. The molecular formula is C12H16F3NO3. The van der Waals surface area contributed by atoms with Gasteiger partial charge in [0.15, 0.2) is 0 Å². The Kier molecular flexibility index (Phi) is 4.97. The zero-order valence-corrected chi connectivity index (χ0v) is 10.5. The number of hydrogen-bond acceptors (Lipinski definition) is 2. The molecular weight excluding hydrogens is 263 g/mol. The standard InChI is InChI=1S/C12H16F3NO3/c1-8(7-11(18)19)6-10(17)16-4-2-9(3-5-16)12(13,14)15/h2,8H,3-7H2,1H3,(H,18,19). The van der Waals surface area contributed by atoms with Crippen LogP contribution in [0.5, 0.6) is 0 Å². The van der Waals surface area contributed by atoms with Crippen molar-refractivity contribution >= 4 is 11.9 Å². The van der Waals surface area contributed by atoms with Crippen LogP contribution >= 0.6 is 0 Å². The van der Waals surface area contributed by atoms with E-state index in [1.54, 1.807) is 6.92 Å². The van der Waals surface area contributed by atoms with E-state index in [9.17, 15) is 22.8 Å². The molecule has 0 bridgehead atoms. The van der Waals surface area contributed by atoms with Crippen LogP contribution in [0.1, 0.15) is 26.2 Å². The largest absolute Gasteiger partial charge is 0.481 e. The number of amides is 1. The number of carboxylic acids is 1. The van der Waals surface area contributed by atoms with Crippen LogP contribution in [0.2, 0.25) is 0 Å². The lowest BCUT2D eigenvalue weighted by Gasteiger charge is -2.28. The molecule has 1 heterocycles. The number of carbonyl (C=O) groups excluding carboxylic acids is 1. The first-order valence-corrected chi connectivity index (χ1v) is 5.96. The Balaban J connectivity index is 2.49. The number of carbonyl (C=O) groups is 2. The van der Waals surface area contributed by atoms with Crippen LogP contribution in [0.25, 0.3) is 0 Å². The molecule has 1 amide bonds. The Labute approximate surface area is 108 Å². The van der Waals surface area contributed by atoms with Crippen molar-refractivity contribution in [2.24, 2.45) is 5.92 Å². The number of aliphatic carboxylic acids is 1. The monoisotopic (exact) mass is 279 g/mol. The van der Waals surface area contributed by atoms with Crippen LogP contribution in [0.15, 0.2) is 11.6 Å². The van der Waals surface area contributed by atoms with Gasteiger partial charge in [-0.1, -0.05) is 13.0 Å². The van der Waals surface area contributed by atoms with Gasteiger partial charge in [0, 0.05) is 31.5 Å². The number of hydrogen-bond donors (Lipinski definition) is 1. The van der Waals surface area contributed by atoms with Crippen LogP contribution in [0.3, 0.4) is 0 Å². The average Bonchev–Trinajstić information content (AvgIpc) is 2.26. The maximum atomic E-state index is 12.4. The van der Waals surface area contributed by atoms with Crippen molar-refractivity contribution in [3.05, 3.63) is 11.6 Å². The summed E-state index contributed by atoms with van der Waals surface area (Å²) < 4.78 is 37.2. The Hall–Kier alpha value is -1.53. The molecule has 0 aromatic heterocycles. The highest BCUT2D eigenvalue weighted by molar-refractivity contribution is 5.77. The molecule has 0 saturated heterocycles. The lowest BCUT2D eigenvalue weighted by atomic mass is 10.0. The third kappa shape index (κ3) is 4.92. The number of alkyl halides is 3. The Bertz CT molecular complexity index is 390. The van der Waals surface area contributed by atoms with Gasteiger partial charge in [-0.15, -0.1) is 0 Å². The van der Waals surface area contributed by atoms with Gasteiger partial charge in [-0.2, -0.15) is 13.2 Å². The zero-order valence-electron chi connectivity index (χ0n) is 10.5. The van der Waals surface area contributed by atoms with Gasteiger partial charge < -0.3 is 10.0 Å². The summed E-state index contributed by atoms with van der Waals surface area (Å²) in [5.41, 5.74) is -0.602. The van der Waals surface area contributed by atoms with Crippen LogP contribution in [-0.4, -0.2) is 41.1 Å². The van der Waals surface area contributed by atoms with E-state index in [0.29, 0.717) is 0 Å². The van der Waals surface area contributed by atoms with Gasteiger partial charge in [0.05, 0.1) is 0 Å². The second-order valence-electron chi connectivity index (χ2n) is 4.72. The first kappa shape index (κ1) is 15.5. The van der Waals surface area contributed by atoms with Crippen LogP contribution in [0, 0.1) is 5.92 Å². The molecule has 1 aliphatic heterocycles. The van der Waals surface area contributed by atoms with Gasteiger partial charge >= 0.3 is 12.1 Å². The highest BCUT2D eigenvalue weighted by atomic mass is 19.4. The van der Waals surface area contributed by atoms with Gasteiger partial charge in [0.25, 0.3) is 0 Å². The number of nitrogens with zero attached hydrogens (tertiary/aromatic N) is 1. The minimum absolute atomic E-state index is 0.0317. The molecule has 0 aromatic rings. The molecule has 1 aliphatic rings. The summed E-state index contributed by atoms with van der Waals surface area (Å²) in [4.78, 5) is 23.6. The Morgan fingerprint density at radius 3 is 2.47 bits per heavy atom. The normalized spacial score (nSPS) is 17.9. The quantitative estimate of drug-likeness (QED) is 0.803. The minimum Gasteiger partial charge on any atom is -0.481 e. The number of carboxylic acid groups (broad SMARTS) is 1. The van der Waals surface area contributed by atoms with Crippen LogP contribution in [0.4, 0.5) is 13.2 Å². The van der Waals surface area contributed by atoms with Crippen molar-refractivity contribution in [2.45, 2.75) is 32.4 Å². The highest BCUT2D eigenvalue weighted by Gasteiger charge is 2.35. The SMILES string of the molecule is CC(CC(=O)O)CC(=O)N1CC=C(C(F)(F)F)CC1. The molecule has 0 saturated carbocycles. The summed E-state index contributed by atoms with van der Waals surface area (Å²) >= 11 is 0. The molecule has 1 atom stereocenters. The fourth-order valence-electron chi connectivity index (χ4n) is 1.95. The lowest BCUT2D eigenvalue weighted by Crippen LogP contribution is -2.37. The average molecular weight is 279 g/mol. The molecule has 0 aromatic carbocycles. The van der Waals surface area contributed by atoms with Crippen molar-refractivity contribution in [3.63, 3.8) is 0 Å². The maximum absolute atomic E-state index is 12.4. The summed E-state index contributed by atoms with van der Waals surface area (Å²) in [5.74, 6) is -1.61. The van der Waals surface area contributed by atoms with Gasteiger partial charge in [-0.25, -0.2) is 0 Å². The van der Waals surface area contributed by atoms with E-state index < -0.39 is 17.7 Å². The van der Waals surface area contributed by atoms with Crippen molar-refractivity contribution in [3.8, 4) is 0 Å². The summed E-state index contributed by atoms with van der Waals surface area (Å²) in [6.45, 7) is 1.60. The van der Waals surface area contributed by atoms with E-state index >= 15 is 0 Å². The van der Waals surface area contributed by atoms with Crippen LogP contribution in [-0.2, 0) is 9.59 Å². The van der Waals surface area contributed by atoms with Crippen molar-refractivity contribution < 1.29 is 27.9 Å². The topological polar surface area (TPSA) is 57.6 Å². The van der Waals surface area contributed by atoms with E-state index in [2.05, 4.69) is 0 Å². The van der Waals surface area contributed by atoms with Gasteiger partial charge in [0.1, 0.15) is 0 Å². The Morgan fingerprint density at radius 1 is 1.42 bits per heavy atom. The molecule has 1 N–H and O–H groups in total. The summed E-state index contributed by atoms with van der Waals surface area (Å²) in [7, 11) is 0. The molecule has 1 rings (SSSR count). The first-order valence-electron chi connectivity index (χ1n) is 5.96. The first-order chi connectivity index (χ1) is 8.70. The zero-order chi connectivity index (χ0) is 14.6. The molecule has 0 fully saturated rings. The minimum atomic E-state index is -4.33. The molecule has 1 unspecified atom stereocenters. The predicted molar refractivity (Wildman–Crippen MR) is 61.4 cm³/mol. The van der Waals surface area contributed by atoms with Gasteiger partial charge in [-0.05, 0) is 12.3 Å². The second-order valence-corrected chi connectivity index (χ2v) is 4.72. The summed E-state index contributed by atoms with van der Waals surface area (Å²) in [5, 5.41) is 8.57. The van der Waals surface area contributed by atoms with E-state index in [-0.39, 0.29) is 44.2 Å². The fraction of sp³-hybridized carbons (Fsp3) is 0.667. The molecule has 7 heteroatoms. The molecule has 0 spiro atoms. The molecule has 19 heavy (non-hydrogen) atoms.